The molecule has 1 saturated heterocycles. The number of fused-ring (bicyclic) bond motifs is 1. The van der Waals surface area contributed by atoms with Crippen LogP contribution < -0.4 is 15.0 Å². The molecular formula is C20H17F3N6O2. The first kappa shape index (κ1) is 19.5. The summed E-state index contributed by atoms with van der Waals surface area (Å²) in [4.78, 5) is 10.3. The summed E-state index contributed by atoms with van der Waals surface area (Å²) in [6.45, 7) is -1.73. The number of hydrogen-bond acceptors (Lipinski definition) is 8. The van der Waals surface area contributed by atoms with Crippen LogP contribution in [0.25, 0.3) is 11.1 Å². The molecule has 8 nitrogen and oxygen atoms in total. The highest BCUT2D eigenvalue weighted by atomic mass is 19.3. The van der Waals surface area contributed by atoms with Crippen LogP contribution in [0.15, 0.2) is 42.6 Å². The smallest absolute Gasteiger partial charge is 0.387 e. The maximum atomic E-state index is 14.1. The first-order valence-electron chi connectivity index (χ1n) is 9.63. The summed E-state index contributed by atoms with van der Waals surface area (Å²) in [5.41, 5.74) is 1.41. The number of hydrogen-bond donors (Lipinski definition) is 1. The lowest BCUT2D eigenvalue weighted by Crippen LogP contribution is -2.38. The van der Waals surface area contributed by atoms with Gasteiger partial charge in [0.15, 0.2) is 5.82 Å². The molecule has 0 amide bonds. The third-order valence-corrected chi connectivity index (χ3v) is 5.03. The van der Waals surface area contributed by atoms with Crippen molar-refractivity contribution in [1.82, 2.24) is 20.2 Å². The maximum Gasteiger partial charge on any atom is 0.387 e. The second-order valence-electron chi connectivity index (χ2n) is 7.14. The van der Waals surface area contributed by atoms with Gasteiger partial charge in [-0.05, 0) is 30.2 Å². The Balaban J connectivity index is 1.35. The predicted molar refractivity (Wildman–Crippen MR) is 105 cm³/mol. The third kappa shape index (κ3) is 4.36. The second kappa shape index (κ2) is 7.99. The summed E-state index contributed by atoms with van der Waals surface area (Å²) in [5.74, 6) is 0.301. The molecule has 3 heterocycles. The standard InChI is InChI=1S/C20H17F3N6O2/c21-16-9-17(27-20(25-16)29-5-6-30-15-8-14(15)29)26-18-7-12(10-24-28-18)11-1-3-13(4-2-11)31-19(22)23/h1-4,7,9-10,14-15,19H,5-6,8H2,(H,25,26,27,28). The zero-order valence-electron chi connectivity index (χ0n) is 16.1. The molecule has 2 aromatic heterocycles. The molecule has 2 atom stereocenters. The molecule has 2 aliphatic rings. The molecule has 31 heavy (non-hydrogen) atoms. The Morgan fingerprint density at radius 3 is 2.74 bits per heavy atom. The summed E-state index contributed by atoms with van der Waals surface area (Å²) in [5, 5.41) is 10.9. The molecule has 0 radical (unpaired) electrons. The molecule has 0 spiro atoms. The SMILES string of the molecule is Fc1cc(Nc2cc(-c3ccc(OC(F)F)cc3)cnn2)nc(N2CCOC3CC32)n1. The monoisotopic (exact) mass is 430 g/mol. The quantitative estimate of drug-likeness (QED) is 0.596. The van der Waals surface area contributed by atoms with Gasteiger partial charge in [-0.15, -0.1) is 5.10 Å². The molecule has 1 aromatic carbocycles. The number of nitrogens with zero attached hydrogens (tertiary/aromatic N) is 5. The summed E-state index contributed by atoms with van der Waals surface area (Å²) in [6.07, 6.45) is 2.58. The number of benzene rings is 1. The molecule has 2 unspecified atom stereocenters. The van der Waals surface area contributed by atoms with Gasteiger partial charge < -0.3 is 19.7 Å². The first-order valence-corrected chi connectivity index (χ1v) is 9.63. The van der Waals surface area contributed by atoms with E-state index in [1.54, 1.807) is 18.2 Å². The van der Waals surface area contributed by atoms with Crippen LogP contribution in [0.1, 0.15) is 6.42 Å². The van der Waals surface area contributed by atoms with E-state index in [9.17, 15) is 13.2 Å². The fourth-order valence-corrected chi connectivity index (χ4v) is 3.53. The Kier molecular flexibility index (Phi) is 5.02. The van der Waals surface area contributed by atoms with E-state index >= 15 is 0 Å². The van der Waals surface area contributed by atoms with E-state index in [0.717, 1.165) is 12.0 Å². The van der Waals surface area contributed by atoms with Gasteiger partial charge in [0.25, 0.3) is 0 Å². The van der Waals surface area contributed by atoms with Crippen molar-refractivity contribution < 1.29 is 22.6 Å². The maximum absolute atomic E-state index is 14.1. The van der Waals surface area contributed by atoms with Crippen molar-refractivity contribution in [2.45, 2.75) is 25.2 Å². The minimum Gasteiger partial charge on any atom is -0.435 e. The number of halogens is 3. The average Bonchev–Trinajstić information content (AvgIpc) is 3.53. The molecular weight excluding hydrogens is 413 g/mol. The number of rotatable bonds is 6. The van der Waals surface area contributed by atoms with E-state index in [-0.39, 0.29) is 23.7 Å². The fraction of sp³-hybridized carbons (Fsp3) is 0.300. The molecule has 160 valence electrons. The number of aromatic nitrogens is 4. The van der Waals surface area contributed by atoms with Gasteiger partial charge in [0.1, 0.15) is 11.6 Å². The fourth-order valence-electron chi connectivity index (χ4n) is 3.53. The third-order valence-electron chi connectivity index (χ3n) is 5.03. The molecule has 1 saturated carbocycles. The summed E-state index contributed by atoms with van der Waals surface area (Å²) >= 11 is 0. The molecule has 11 heteroatoms. The van der Waals surface area contributed by atoms with Gasteiger partial charge in [0, 0.05) is 18.2 Å². The molecule has 3 aromatic rings. The predicted octanol–water partition coefficient (Wildman–Crippen LogP) is 3.40. The van der Waals surface area contributed by atoms with Crippen LogP contribution in [-0.4, -0.2) is 52.1 Å². The van der Waals surface area contributed by atoms with Gasteiger partial charge in [-0.2, -0.15) is 28.2 Å². The normalized spacial score (nSPS) is 19.8. The number of ether oxygens (including phenoxy) is 2. The van der Waals surface area contributed by atoms with Crippen molar-refractivity contribution in [2.24, 2.45) is 0 Å². The molecule has 1 aliphatic heterocycles. The van der Waals surface area contributed by atoms with Gasteiger partial charge in [-0.1, -0.05) is 12.1 Å². The van der Waals surface area contributed by atoms with Crippen molar-refractivity contribution in [2.75, 3.05) is 23.4 Å². The van der Waals surface area contributed by atoms with Crippen molar-refractivity contribution in [3.63, 3.8) is 0 Å². The molecule has 2 fully saturated rings. The van der Waals surface area contributed by atoms with Crippen LogP contribution in [0, 0.1) is 5.95 Å². The first-order chi connectivity index (χ1) is 15.0. The van der Waals surface area contributed by atoms with Crippen LogP contribution in [-0.2, 0) is 4.74 Å². The summed E-state index contributed by atoms with van der Waals surface area (Å²) in [7, 11) is 0. The van der Waals surface area contributed by atoms with Crippen LogP contribution in [0.2, 0.25) is 0 Å². The molecule has 5 rings (SSSR count). The van der Waals surface area contributed by atoms with E-state index in [1.807, 2.05) is 4.90 Å². The van der Waals surface area contributed by atoms with E-state index in [4.69, 9.17) is 4.74 Å². The summed E-state index contributed by atoms with van der Waals surface area (Å²) in [6, 6.07) is 9.20. The Labute approximate surface area is 175 Å². The largest absolute Gasteiger partial charge is 0.435 e. The minimum absolute atomic E-state index is 0.0594. The average molecular weight is 430 g/mol. The van der Waals surface area contributed by atoms with Gasteiger partial charge in [0.2, 0.25) is 11.9 Å². The van der Waals surface area contributed by atoms with Gasteiger partial charge >= 0.3 is 6.61 Å². The lowest BCUT2D eigenvalue weighted by atomic mass is 10.1. The summed E-state index contributed by atoms with van der Waals surface area (Å²) < 4.78 is 48.7. The van der Waals surface area contributed by atoms with Gasteiger partial charge in [0.05, 0.1) is 24.9 Å². The Morgan fingerprint density at radius 2 is 1.94 bits per heavy atom. The second-order valence-corrected chi connectivity index (χ2v) is 7.14. The molecule has 1 aliphatic carbocycles. The van der Waals surface area contributed by atoms with Crippen molar-refractivity contribution in [3.8, 4) is 16.9 Å². The van der Waals surface area contributed by atoms with E-state index in [2.05, 4.69) is 30.2 Å². The zero-order valence-corrected chi connectivity index (χ0v) is 16.1. The highest BCUT2D eigenvalue weighted by molar-refractivity contribution is 5.67. The van der Waals surface area contributed by atoms with E-state index in [1.165, 1.54) is 24.4 Å². The van der Waals surface area contributed by atoms with Crippen molar-refractivity contribution in [3.05, 3.63) is 48.5 Å². The lowest BCUT2D eigenvalue weighted by Gasteiger charge is -2.26. The van der Waals surface area contributed by atoms with E-state index < -0.39 is 12.6 Å². The lowest BCUT2D eigenvalue weighted by molar-refractivity contribution is -0.0498. The minimum atomic E-state index is -2.88. The van der Waals surface area contributed by atoms with Crippen LogP contribution >= 0.6 is 0 Å². The Morgan fingerprint density at radius 1 is 1.10 bits per heavy atom. The topological polar surface area (TPSA) is 85.3 Å². The van der Waals surface area contributed by atoms with E-state index in [0.29, 0.717) is 30.5 Å². The van der Waals surface area contributed by atoms with Gasteiger partial charge in [-0.25, -0.2) is 0 Å². The highest BCUT2D eigenvalue weighted by Gasteiger charge is 2.47. The molecule has 1 N–H and O–H groups in total. The Bertz CT molecular complexity index is 1080. The molecule has 0 bridgehead atoms. The number of anilines is 3. The zero-order chi connectivity index (χ0) is 21.4. The van der Waals surface area contributed by atoms with Crippen LogP contribution in [0.3, 0.4) is 0 Å². The Hall–Kier alpha value is -3.47. The van der Waals surface area contributed by atoms with Crippen molar-refractivity contribution in [1.29, 1.82) is 0 Å². The number of morpholine rings is 1. The van der Waals surface area contributed by atoms with Gasteiger partial charge in [-0.3, -0.25) is 0 Å². The number of alkyl halides is 2. The van der Waals surface area contributed by atoms with Crippen molar-refractivity contribution >= 4 is 17.6 Å². The van der Waals surface area contributed by atoms with Crippen LogP contribution in [0.4, 0.5) is 30.8 Å². The number of nitrogens with one attached hydrogen (secondary N) is 1. The highest BCUT2D eigenvalue weighted by Crippen LogP contribution is 2.36. The van der Waals surface area contributed by atoms with Crippen LogP contribution in [0.5, 0.6) is 5.75 Å².